The van der Waals surface area contributed by atoms with Crippen LogP contribution in [0.3, 0.4) is 0 Å². The molecule has 3 heterocycles. The molecule has 0 radical (unpaired) electrons. The quantitative estimate of drug-likeness (QED) is 0.0370. The Morgan fingerprint density at radius 1 is 0.867 bits per heavy atom. The number of benzene rings is 2. The average molecular weight is 1160 g/mol. The Morgan fingerprint density at radius 3 is 2.01 bits per heavy atom. The third-order valence-electron chi connectivity index (χ3n) is 17.9. The van der Waals surface area contributed by atoms with E-state index >= 15 is 4.79 Å². The van der Waals surface area contributed by atoms with Gasteiger partial charge in [-0.05, 0) is 112 Å². The summed E-state index contributed by atoms with van der Waals surface area (Å²) >= 11 is 0. The van der Waals surface area contributed by atoms with Crippen LogP contribution in [0.2, 0.25) is 0 Å². The van der Waals surface area contributed by atoms with Crippen LogP contribution in [0, 0.1) is 47.9 Å². The van der Waals surface area contributed by atoms with Crippen LogP contribution >= 0.6 is 0 Å². The number of hydrogen-bond acceptors (Lipinski definition) is 17. The van der Waals surface area contributed by atoms with Gasteiger partial charge >= 0.3 is 17.9 Å². The van der Waals surface area contributed by atoms with Crippen molar-refractivity contribution >= 4 is 23.6 Å². The van der Waals surface area contributed by atoms with Crippen molar-refractivity contribution in [2.24, 2.45) is 40.7 Å². The second-order valence-electron chi connectivity index (χ2n) is 24.8. The maximum Gasteiger partial charge on any atom is 0.338 e. The van der Waals surface area contributed by atoms with Gasteiger partial charge in [0, 0.05) is 56.5 Å². The van der Waals surface area contributed by atoms with E-state index in [0.717, 1.165) is 12.8 Å². The zero-order chi connectivity index (χ0) is 61.2. The molecule has 460 valence electrons. The maximum absolute atomic E-state index is 15.3. The van der Waals surface area contributed by atoms with Gasteiger partial charge in [-0.25, -0.2) is 9.59 Å². The molecule has 3 saturated heterocycles. The van der Waals surface area contributed by atoms with Gasteiger partial charge in [-0.3, -0.25) is 4.79 Å². The van der Waals surface area contributed by atoms with Crippen LogP contribution in [0.4, 0.5) is 0 Å². The normalized spacial score (nSPS) is 38.0. The van der Waals surface area contributed by atoms with Crippen molar-refractivity contribution in [3.8, 4) is 12.3 Å². The van der Waals surface area contributed by atoms with E-state index < -0.39 is 125 Å². The van der Waals surface area contributed by atoms with Crippen molar-refractivity contribution in [1.29, 1.82) is 0 Å². The number of methoxy groups -OCH3 is 1. The lowest BCUT2D eigenvalue weighted by molar-refractivity contribution is -0.310. The van der Waals surface area contributed by atoms with Crippen molar-refractivity contribution in [3.05, 3.63) is 96.8 Å². The van der Waals surface area contributed by atoms with Crippen LogP contribution < -0.4 is 0 Å². The van der Waals surface area contributed by atoms with E-state index in [4.69, 9.17) is 63.8 Å². The van der Waals surface area contributed by atoms with E-state index in [2.05, 4.69) is 26.0 Å². The number of cyclic esters (lactones) is 1. The molecule has 1 saturated carbocycles. The average Bonchev–Trinajstić information content (AvgIpc) is 3.46. The highest BCUT2D eigenvalue weighted by Gasteiger charge is 2.56. The molecule has 0 bridgehead atoms. The minimum absolute atomic E-state index is 0.0382. The predicted octanol–water partition coefficient (Wildman–Crippen LogP) is 10.9. The Bertz CT molecular complexity index is 2550. The molecule has 0 amide bonds. The number of oxime groups is 1. The smallest absolute Gasteiger partial charge is 0.338 e. The number of nitrogens with zero attached hydrogens (tertiary/aromatic N) is 2. The fourth-order valence-corrected chi connectivity index (χ4v) is 12.8. The molecule has 17 heteroatoms. The summed E-state index contributed by atoms with van der Waals surface area (Å²) in [5.41, 5.74) is -3.15. The van der Waals surface area contributed by atoms with E-state index in [0.29, 0.717) is 47.8 Å². The first kappa shape index (κ1) is 67.0. The first-order chi connectivity index (χ1) is 39.2. The third-order valence-corrected chi connectivity index (χ3v) is 17.9. The van der Waals surface area contributed by atoms with Gasteiger partial charge in [-0.15, -0.1) is 13.0 Å². The summed E-state index contributed by atoms with van der Waals surface area (Å²) in [6, 6.07) is 16.9. The topological polar surface area (TPSA) is 189 Å². The first-order valence-corrected chi connectivity index (χ1v) is 29.8. The number of rotatable bonds is 18. The molecule has 4 fully saturated rings. The second kappa shape index (κ2) is 28.8. The summed E-state index contributed by atoms with van der Waals surface area (Å²) in [6.07, 6.45) is 2.54. The zero-order valence-corrected chi connectivity index (χ0v) is 52.0. The van der Waals surface area contributed by atoms with Gasteiger partial charge in [0.15, 0.2) is 18.5 Å². The van der Waals surface area contributed by atoms with Crippen molar-refractivity contribution in [1.82, 2.24) is 4.90 Å². The predicted molar refractivity (Wildman–Crippen MR) is 316 cm³/mol. The molecule has 0 aromatic heterocycles. The lowest BCUT2D eigenvalue weighted by Crippen LogP contribution is -2.61. The van der Waals surface area contributed by atoms with Crippen molar-refractivity contribution in [2.45, 2.75) is 218 Å². The van der Waals surface area contributed by atoms with Crippen LogP contribution in [0.1, 0.15) is 155 Å². The molecule has 4 aliphatic rings. The molecule has 2 aromatic rings. The van der Waals surface area contributed by atoms with E-state index in [1.165, 1.54) is 13.2 Å². The summed E-state index contributed by atoms with van der Waals surface area (Å²) < 4.78 is 66.9. The first-order valence-electron chi connectivity index (χ1n) is 29.8. The Kier molecular flexibility index (Phi) is 23.3. The molecule has 0 unspecified atom stereocenters. The maximum atomic E-state index is 15.3. The number of terminal acetylenes is 1. The third kappa shape index (κ3) is 15.8. The van der Waals surface area contributed by atoms with Crippen molar-refractivity contribution < 1.29 is 71.7 Å². The van der Waals surface area contributed by atoms with Crippen LogP contribution in [0.15, 0.2) is 90.8 Å². The Labute approximate surface area is 494 Å². The van der Waals surface area contributed by atoms with Gasteiger partial charge in [0.05, 0.1) is 64.6 Å². The second-order valence-corrected chi connectivity index (χ2v) is 24.8. The minimum Gasteiger partial charge on any atom is -0.466 e. The lowest BCUT2D eigenvalue weighted by atomic mass is 9.70. The van der Waals surface area contributed by atoms with Gasteiger partial charge in [0.2, 0.25) is 12.1 Å². The largest absolute Gasteiger partial charge is 0.466 e. The number of esters is 3. The molecule has 2 aromatic carbocycles. The van der Waals surface area contributed by atoms with Crippen molar-refractivity contribution in [2.75, 3.05) is 27.8 Å². The number of carbonyl (C=O) groups is 3. The molecule has 1 aliphatic carbocycles. The van der Waals surface area contributed by atoms with E-state index in [1.807, 2.05) is 93.4 Å². The Hall–Kier alpha value is -5.16. The summed E-state index contributed by atoms with van der Waals surface area (Å²) in [6.45, 7) is 31.2. The van der Waals surface area contributed by atoms with E-state index in [9.17, 15) is 14.7 Å². The molecule has 6 rings (SSSR count). The van der Waals surface area contributed by atoms with Gasteiger partial charge in [0.25, 0.3) is 0 Å². The molecule has 17 atom stereocenters. The molecule has 1 N–H and O–H groups in total. The van der Waals surface area contributed by atoms with Gasteiger partial charge < -0.3 is 62.2 Å². The van der Waals surface area contributed by atoms with E-state index in [-0.39, 0.29) is 32.0 Å². The van der Waals surface area contributed by atoms with Crippen LogP contribution in [-0.2, 0) is 57.0 Å². The Morgan fingerprint density at radius 2 is 1.47 bits per heavy atom. The summed E-state index contributed by atoms with van der Waals surface area (Å²) in [5, 5.41) is 18.1. The highest BCUT2D eigenvalue weighted by Crippen LogP contribution is 2.45. The molecule has 3 aliphatic heterocycles. The van der Waals surface area contributed by atoms with Crippen LogP contribution in [0.25, 0.3) is 0 Å². The Balaban J connectivity index is 1.55. The number of carbonyl (C=O) groups excluding carboxylic acids is 3. The fraction of sp³-hybridized carbons (Fsp3) is 0.667. The minimum atomic E-state index is -1.79. The number of likely N-dealkylation sites (N-methyl/N-ethyl adjacent to an activating group) is 1. The molecule has 17 nitrogen and oxygen atoms in total. The van der Waals surface area contributed by atoms with Gasteiger partial charge in [-0.2, -0.15) is 0 Å². The van der Waals surface area contributed by atoms with Crippen LogP contribution in [-0.4, -0.2) is 145 Å². The number of ether oxygens (including phenoxy) is 10. The highest BCUT2D eigenvalue weighted by atomic mass is 16.8. The van der Waals surface area contributed by atoms with Gasteiger partial charge in [0.1, 0.15) is 23.9 Å². The monoisotopic (exact) mass is 1160 g/mol. The lowest BCUT2D eigenvalue weighted by Gasteiger charge is -2.50. The summed E-state index contributed by atoms with van der Waals surface area (Å²) in [4.78, 5) is 51.8. The summed E-state index contributed by atoms with van der Waals surface area (Å²) in [7, 11) is 5.29. The molecular weight excluding hydrogens is 1060 g/mol. The summed E-state index contributed by atoms with van der Waals surface area (Å²) in [5.74, 6) is -3.08. The number of hydrogen-bond donors (Lipinski definition) is 1. The van der Waals surface area contributed by atoms with Crippen molar-refractivity contribution in [3.63, 3.8) is 0 Å². The molecule has 0 spiro atoms. The van der Waals surface area contributed by atoms with E-state index in [1.54, 1.807) is 62.4 Å². The standard InChI is InChI=1S/C66H96N2O15/c1-19-36-74-64(15)38-42(7)54(67-83-65(82-40(4)5)34-32-41(6)33-35-65)44(9)47(12)66(72,21-3)52(20-2)77-59(69)46(11)55(78-53-39-63(14,73-18)58(48(13)76-53)80-61(71)50-30-26-23-27-31-50)45(10)57(64)81-62-56(51(68(16)17)37-43(8)75-62)79-60(70)49-28-24-22-25-29-49/h1,21-31,40-42,44-48,51-53,55-58,62,72H,3,8,20,32-39H2,2,4-7,9-18H3/b67-54+/t41?,42-,44-,45+,46-,47-,48+,51+,52-,53+,55+,56-,57-,58+,62+,63-,64-,65?,66+/m1/s1. The number of aliphatic hydroxyl groups is 1. The molecular formula is C66H96N2O15. The molecule has 83 heavy (non-hydrogen) atoms. The van der Waals surface area contributed by atoms with Gasteiger partial charge in [-0.1, -0.05) is 102 Å². The SMILES string of the molecule is C#CCO[C@]1(C)C[C@@H](C)/C(=N\OC2(OC(C)C)CCC(C)CC2)[C@H](C)[C@@H](C)[C@@](O)(C=C)[C@@H](CC)OC(=O)[C@H](C)[C@@H](O[C@H]2C[C@@](C)(OC)[C@@H](OC(=O)c3ccccc3)[C@H](C)O2)[C@H](C)[C@H]1O[C@@H]1OC(=C)C[C@H](N(C)C)[C@H]1OC(=O)c1ccccc1. The highest BCUT2D eigenvalue weighted by molar-refractivity contribution is 5.90. The fourth-order valence-electron chi connectivity index (χ4n) is 12.8. The van der Waals surface area contributed by atoms with Crippen LogP contribution in [0.5, 0.6) is 0 Å². The zero-order valence-electron chi connectivity index (χ0n) is 52.0.